The van der Waals surface area contributed by atoms with Gasteiger partial charge in [0.05, 0.1) is 18.5 Å². The van der Waals surface area contributed by atoms with Crippen molar-refractivity contribution in [1.82, 2.24) is 19.9 Å². The van der Waals surface area contributed by atoms with Crippen molar-refractivity contribution in [2.45, 2.75) is 25.8 Å². The van der Waals surface area contributed by atoms with Crippen molar-refractivity contribution >= 4 is 23.2 Å². The first-order valence-corrected chi connectivity index (χ1v) is 12.5. The predicted molar refractivity (Wildman–Crippen MR) is 147 cm³/mol. The number of ether oxygens (including phenoxy) is 1. The van der Waals surface area contributed by atoms with E-state index in [1.165, 1.54) is 5.56 Å². The van der Waals surface area contributed by atoms with Crippen molar-refractivity contribution < 1.29 is 9.53 Å². The number of nitrogens with one attached hydrogen (secondary N) is 1. The summed E-state index contributed by atoms with van der Waals surface area (Å²) in [5.41, 5.74) is 5.23. The van der Waals surface area contributed by atoms with Crippen LogP contribution in [0.25, 0.3) is 28.2 Å². The number of carbonyl (C=O) groups excluding carboxylic acids is 1. The minimum Gasteiger partial charge on any atom is -0.496 e. The van der Waals surface area contributed by atoms with E-state index in [0.717, 1.165) is 24.0 Å². The van der Waals surface area contributed by atoms with Gasteiger partial charge in [-0.2, -0.15) is 5.10 Å². The molecule has 6 nitrogen and oxygen atoms in total. The summed E-state index contributed by atoms with van der Waals surface area (Å²) in [6.45, 7) is 2.02. The maximum Gasteiger partial charge on any atom is 0.270 e. The minimum atomic E-state index is -0.213. The third-order valence-corrected chi connectivity index (χ3v) is 6.52. The van der Waals surface area contributed by atoms with Gasteiger partial charge >= 0.3 is 0 Å². The summed E-state index contributed by atoms with van der Waals surface area (Å²) in [7, 11) is 1.62. The lowest BCUT2D eigenvalue weighted by Crippen LogP contribution is -2.34. The summed E-state index contributed by atoms with van der Waals surface area (Å²) in [5.74, 6) is 0.467. The van der Waals surface area contributed by atoms with Crippen LogP contribution in [0.4, 0.5) is 0 Å². The molecule has 0 radical (unpaired) electrons. The van der Waals surface area contributed by atoms with Crippen molar-refractivity contribution in [3.8, 4) is 28.3 Å². The molecule has 2 heterocycles. The van der Waals surface area contributed by atoms with Crippen LogP contribution < -0.4 is 10.1 Å². The molecule has 0 bridgehead atoms. The Hall–Kier alpha value is -4.16. The van der Waals surface area contributed by atoms with Gasteiger partial charge in [-0.05, 0) is 55.7 Å². The topological polar surface area (TPSA) is 68.5 Å². The Morgan fingerprint density at radius 3 is 2.46 bits per heavy atom. The predicted octanol–water partition coefficient (Wildman–Crippen LogP) is 6.48. The Morgan fingerprint density at radius 2 is 1.70 bits per heavy atom. The van der Waals surface area contributed by atoms with E-state index >= 15 is 0 Å². The molecule has 2 aromatic heterocycles. The highest BCUT2D eigenvalue weighted by Gasteiger charge is 2.20. The molecule has 0 aliphatic heterocycles. The van der Waals surface area contributed by atoms with Gasteiger partial charge in [0.2, 0.25) is 0 Å². The third-order valence-electron chi connectivity index (χ3n) is 6.27. The van der Waals surface area contributed by atoms with Crippen molar-refractivity contribution in [2.75, 3.05) is 7.11 Å². The highest BCUT2D eigenvalue weighted by Crippen LogP contribution is 2.30. The summed E-state index contributed by atoms with van der Waals surface area (Å²) < 4.78 is 7.16. The fourth-order valence-corrected chi connectivity index (χ4v) is 4.42. The number of nitrogens with zero attached hydrogens (tertiary/aromatic N) is 3. The summed E-state index contributed by atoms with van der Waals surface area (Å²) in [6, 6.07) is 28.9. The molecule has 0 saturated carbocycles. The van der Waals surface area contributed by atoms with Crippen LogP contribution in [0.5, 0.6) is 5.75 Å². The molecule has 1 unspecified atom stereocenters. The van der Waals surface area contributed by atoms with Crippen molar-refractivity contribution in [3.05, 3.63) is 107 Å². The lowest BCUT2D eigenvalue weighted by Gasteiger charge is -2.15. The van der Waals surface area contributed by atoms with E-state index in [2.05, 4.69) is 17.4 Å². The number of hydrogen-bond acceptors (Lipinski definition) is 4. The lowest BCUT2D eigenvalue weighted by molar-refractivity contribution is 0.0931. The van der Waals surface area contributed by atoms with Crippen molar-refractivity contribution in [2.24, 2.45) is 0 Å². The number of amides is 1. The van der Waals surface area contributed by atoms with Gasteiger partial charge in [0.25, 0.3) is 5.91 Å². The quantitative estimate of drug-likeness (QED) is 0.259. The minimum absolute atomic E-state index is 0.0306. The standard InChI is InChI=1S/C30H27ClN4O2/c1-20(12-13-21-8-4-3-5-9-21)32-30(36)27-18-26(24-10-6-7-11-28(24)37-2)33-29-19-25(34-35(27)29)22-14-16-23(31)17-15-22/h3-11,14-20H,12-13H2,1-2H3,(H,32,36). The number of rotatable bonds is 8. The number of hydrogen-bond donors (Lipinski definition) is 1. The molecule has 5 aromatic rings. The van der Waals surface area contributed by atoms with E-state index in [1.807, 2.05) is 79.7 Å². The third kappa shape index (κ3) is 5.49. The summed E-state index contributed by atoms with van der Waals surface area (Å²) in [4.78, 5) is 18.4. The van der Waals surface area contributed by atoms with Crippen LogP contribution in [0.1, 0.15) is 29.4 Å². The van der Waals surface area contributed by atoms with Gasteiger partial charge in [0.1, 0.15) is 11.4 Å². The van der Waals surface area contributed by atoms with Crippen LogP contribution in [0, 0.1) is 0 Å². The highest BCUT2D eigenvalue weighted by atomic mass is 35.5. The highest BCUT2D eigenvalue weighted by molar-refractivity contribution is 6.30. The van der Waals surface area contributed by atoms with Crippen molar-refractivity contribution in [1.29, 1.82) is 0 Å². The van der Waals surface area contributed by atoms with Crippen LogP contribution in [-0.4, -0.2) is 33.7 Å². The first-order chi connectivity index (χ1) is 18.0. The second kappa shape index (κ2) is 10.8. The van der Waals surface area contributed by atoms with Crippen LogP contribution in [0.15, 0.2) is 91.0 Å². The van der Waals surface area contributed by atoms with E-state index in [-0.39, 0.29) is 11.9 Å². The molecule has 1 atom stereocenters. The average Bonchev–Trinajstić information content (AvgIpc) is 3.36. The van der Waals surface area contributed by atoms with Gasteiger partial charge in [0.15, 0.2) is 5.65 Å². The van der Waals surface area contributed by atoms with E-state index in [1.54, 1.807) is 17.7 Å². The Balaban J connectivity index is 1.51. The fourth-order valence-electron chi connectivity index (χ4n) is 4.29. The molecule has 0 fully saturated rings. The Morgan fingerprint density at radius 1 is 0.973 bits per heavy atom. The van der Waals surface area contributed by atoms with Gasteiger partial charge in [0, 0.05) is 28.3 Å². The molecule has 7 heteroatoms. The Bertz CT molecular complexity index is 1530. The van der Waals surface area contributed by atoms with Gasteiger partial charge in [-0.25, -0.2) is 9.50 Å². The smallest absolute Gasteiger partial charge is 0.270 e. The van der Waals surface area contributed by atoms with Gasteiger partial charge in [-0.15, -0.1) is 0 Å². The Kier molecular flexibility index (Phi) is 7.19. The molecule has 0 aliphatic rings. The molecular weight excluding hydrogens is 484 g/mol. The first-order valence-electron chi connectivity index (χ1n) is 12.2. The van der Waals surface area contributed by atoms with Crippen LogP contribution >= 0.6 is 11.6 Å². The second-order valence-corrected chi connectivity index (χ2v) is 9.37. The molecule has 37 heavy (non-hydrogen) atoms. The number of benzene rings is 3. The monoisotopic (exact) mass is 510 g/mol. The van der Waals surface area contributed by atoms with Gasteiger partial charge in [-0.1, -0.05) is 66.2 Å². The number of methoxy groups -OCH3 is 1. The molecule has 186 valence electrons. The van der Waals surface area contributed by atoms with Crippen LogP contribution in [0.3, 0.4) is 0 Å². The number of aromatic nitrogens is 3. The largest absolute Gasteiger partial charge is 0.496 e. The fraction of sp³-hybridized carbons (Fsp3) is 0.167. The molecule has 0 aliphatic carbocycles. The lowest BCUT2D eigenvalue weighted by atomic mass is 10.1. The first kappa shape index (κ1) is 24.5. The van der Waals surface area contributed by atoms with Crippen LogP contribution in [-0.2, 0) is 6.42 Å². The van der Waals surface area contributed by atoms with E-state index in [4.69, 9.17) is 26.4 Å². The second-order valence-electron chi connectivity index (χ2n) is 8.93. The van der Waals surface area contributed by atoms with E-state index in [0.29, 0.717) is 33.5 Å². The molecule has 5 rings (SSSR count). The number of carbonyl (C=O) groups is 1. The number of aryl methyl sites for hydroxylation is 1. The van der Waals surface area contributed by atoms with Gasteiger partial charge < -0.3 is 10.1 Å². The maximum atomic E-state index is 13.6. The molecular formula is C30H27ClN4O2. The van der Waals surface area contributed by atoms with Gasteiger partial charge in [-0.3, -0.25) is 4.79 Å². The summed E-state index contributed by atoms with van der Waals surface area (Å²) >= 11 is 6.07. The maximum absolute atomic E-state index is 13.6. The van der Waals surface area contributed by atoms with Crippen molar-refractivity contribution in [3.63, 3.8) is 0 Å². The zero-order valence-electron chi connectivity index (χ0n) is 20.7. The molecule has 1 amide bonds. The summed E-state index contributed by atoms with van der Waals surface area (Å²) in [5, 5.41) is 8.52. The molecule has 3 aromatic carbocycles. The number of fused-ring (bicyclic) bond motifs is 1. The number of para-hydroxylation sites is 1. The average molecular weight is 511 g/mol. The zero-order valence-corrected chi connectivity index (χ0v) is 21.4. The van der Waals surface area contributed by atoms with E-state index < -0.39 is 0 Å². The van der Waals surface area contributed by atoms with E-state index in [9.17, 15) is 4.79 Å². The summed E-state index contributed by atoms with van der Waals surface area (Å²) in [6.07, 6.45) is 1.70. The molecule has 0 saturated heterocycles. The zero-order chi connectivity index (χ0) is 25.8. The SMILES string of the molecule is COc1ccccc1-c1cc(C(=O)NC(C)CCc2ccccc2)n2nc(-c3ccc(Cl)cc3)cc2n1. The normalized spacial score (nSPS) is 11.9. The number of halogens is 1. The Labute approximate surface area is 220 Å². The molecule has 0 spiro atoms. The van der Waals surface area contributed by atoms with Crippen LogP contribution in [0.2, 0.25) is 5.02 Å². The molecule has 1 N–H and O–H groups in total.